The van der Waals surface area contributed by atoms with E-state index in [0.717, 1.165) is 12.1 Å². The quantitative estimate of drug-likeness (QED) is 0.294. The van der Waals surface area contributed by atoms with E-state index < -0.39 is 29.1 Å². The molecule has 5 rings (SSSR count). The molecule has 4 aromatic rings. The monoisotopic (exact) mass is 560 g/mol. The van der Waals surface area contributed by atoms with Gasteiger partial charge < -0.3 is 15.0 Å². The lowest BCUT2D eigenvalue weighted by molar-refractivity contribution is 0.0367. The second-order valence-electron chi connectivity index (χ2n) is 9.42. The molecular formula is C30H23F3N4O4. The summed E-state index contributed by atoms with van der Waals surface area (Å²) in [6.07, 6.45) is 2.27. The molecule has 0 bridgehead atoms. The molecule has 0 unspecified atom stereocenters. The van der Waals surface area contributed by atoms with E-state index in [1.165, 1.54) is 71.9 Å². The third kappa shape index (κ3) is 6.40. The summed E-state index contributed by atoms with van der Waals surface area (Å²) >= 11 is 0. The lowest BCUT2D eigenvalue weighted by atomic mass is 9.85. The largest absolute Gasteiger partial charge is 0.439 e. The van der Waals surface area contributed by atoms with Crippen LogP contribution in [0, 0.1) is 11.6 Å². The normalized spacial score (nSPS) is 14.3. The van der Waals surface area contributed by atoms with Crippen molar-refractivity contribution >= 4 is 23.3 Å². The van der Waals surface area contributed by atoms with Gasteiger partial charge in [0.1, 0.15) is 23.1 Å². The molecule has 0 aliphatic carbocycles. The highest BCUT2D eigenvalue weighted by Gasteiger charge is 2.43. The Labute approximate surface area is 232 Å². The van der Waals surface area contributed by atoms with Gasteiger partial charge in [0.05, 0.1) is 17.4 Å². The zero-order chi connectivity index (χ0) is 29.0. The minimum Gasteiger partial charge on any atom is -0.439 e. The van der Waals surface area contributed by atoms with E-state index >= 15 is 4.39 Å². The summed E-state index contributed by atoms with van der Waals surface area (Å²) in [7, 11) is 0. The van der Waals surface area contributed by atoms with Crippen molar-refractivity contribution in [1.29, 1.82) is 0 Å². The number of amides is 2. The van der Waals surface area contributed by atoms with Crippen LogP contribution < -0.4 is 10.1 Å². The molecule has 0 radical (unpaired) electrons. The fraction of sp³-hybridized carbons (Fsp3) is 0.167. The van der Waals surface area contributed by atoms with E-state index in [9.17, 15) is 23.2 Å². The number of anilines is 1. The topological polar surface area (TPSA) is 101 Å². The summed E-state index contributed by atoms with van der Waals surface area (Å²) in [5.41, 5.74) is -1.42. The standard InChI is InChI=1S/C30H23F3N4O4/c31-21-4-1-19(2-5-21)27(38)30(33)13-15-37(16-14-30)29(40)20-3-11-25(34-17-20)28(39)36-23-8-12-26(35-18-23)41-24-9-6-22(32)7-10-24/h1-12,17-18H,13-16H2,(H,36,39). The number of aromatic nitrogens is 2. The van der Waals surface area contributed by atoms with E-state index in [2.05, 4.69) is 15.3 Å². The van der Waals surface area contributed by atoms with Crippen LogP contribution in [0.3, 0.4) is 0 Å². The fourth-order valence-corrected chi connectivity index (χ4v) is 4.32. The number of pyridine rings is 2. The van der Waals surface area contributed by atoms with Gasteiger partial charge in [0.25, 0.3) is 11.8 Å². The molecule has 1 N–H and O–H groups in total. The molecule has 208 valence electrons. The van der Waals surface area contributed by atoms with Crippen LogP contribution in [0.25, 0.3) is 0 Å². The number of nitrogens with zero attached hydrogens (tertiary/aromatic N) is 3. The van der Waals surface area contributed by atoms with Crippen LogP contribution >= 0.6 is 0 Å². The molecule has 3 heterocycles. The summed E-state index contributed by atoms with van der Waals surface area (Å²) in [5.74, 6) is -1.92. The number of alkyl halides is 1. The molecule has 0 saturated carbocycles. The van der Waals surface area contributed by atoms with Crippen LogP contribution in [-0.2, 0) is 0 Å². The van der Waals surface area contributed by atoms with Crippen LogP contribution in [0.4, 0.5) is 18.9 Å². The van der Waals surface area contributed by atoms with E-state index in [-0.39, 0.29) is 54.4 Å². The predicted octanol–water partition coefficient (Wildman–Crippen LogP) is 5.63. The van der Waals surface area contributed by atoms with Gasteiger partial charge in [-0.15, -0.1) is 0 Å². The van der Waals surface area contributed by atoms with Gasteiger partial charge in [0.15, 0.2) is 11.5 Å². The third-order valence-electron chi connectivity index (χ3n) is 6.63. The van der Waals surface area contributed by atoms with Crippen molar-refractivity contribution in [1.82, 2.24) is 14.9 Å². The van der Waals surface area contributed by atoms with Gasteiger partial charge in [0, 0.05) is 43.8 Å². The summed E-state index contributed by atoms with van der Waals surface area (Å²) in [6, 6.07) is 16.1. The maximum atomic E-state index is 15.4. The Kier molecular flexibility index (Phi) is 7.77. The number of Topliss-reactive ketones (excluding diaryl/α,β-unsaturated/α-hetero) is 1. The Balaban J connectivity index is 1.14. The van der Waals surface area contributed by atoms with Crippen LogP contribution in [0.15, 0.2) is 85.2 Å². The summed E-state index contributed by atoms with van der Waals surface area (Å²) in [4.78, 5) is 47.8. The Morgan fingerprint density at radius 2 is 1.41 bits per heavy atom. The van der Waals surface area contributed by atoms with Crippen LogP contribution in [0.5, 0.6) is 11.6 Å². The van der Waals surface area contributed by atoms with Gasteiger partial charge in [-0.1, -0.05) is 0 Å². The first-order chi connectivity index (χ1) is 19.7. The van der Waals surface area contributed by atoms with Crippen LogP contribution in [-0.4, -0.2) is 51.2 Å². The molecule has 0 atom stereocenters. The molecule has 2 aromatic carbocycles. The second-order valence-corrected chi connectivity index (χ2v) is 9.42. The summed E-state index contributed by atoms with van der Waals surface area (Å²) < 4.78 is 47.1. The zero-order valence-corrected chi connectivity index (χ0v) is 21.5. The number of hydrogen-bond donors (Lipinski definition) is 1. The SMILES string of the molecule is O=C(Nc1ccc(Oc2ccc(F)cc2)nc1)c1ccc(C(=O)N2CCC(F)(C(=O)c3ccc(F)cc3)CC2)cn1. The number of carbonyl (C=O) groups excluding carboxylic acids is 3. The fourth-order valence-electron chi connectivity index (χ4n) is 4.32. The van der Waals surface area contributed by atoms with Crippen molar-refractivity contribution < 1.29 is 32.3 Å². The highest BCUT2D eigenvalue weighted by Crippen LogP contribution is 2.31. The lowest BCUT2D eigenvalue weighted by Gasteiger charge is -2.35. The van der Waals surface area contributed by atoms with Gasteiger partial charge in [-0.3, -0.25) is 19.4 Å². The summed E-state index contributed by atoms with van der Waals surface area (Å²) in [6.45, 7) is 0.0246. The van der Waals surface area contributed by atoms with Crippen molar-refractivity contribution in [2.24, 2.45) is 0 Å². The molecular weight excluding hydrogens is 537 g/mol. The zero-order valence-electron chi connectivity index (χ0n) is 21.5. The van der Waals surface area contributed by atoms with Gasteiger partial charge in [-0.2, -0.15) is 0 Å². The molecule has 1 fully saturated rings. The highest BCUT2D eigenvalue weighted by molar-refractivity contribution is 6.04. The van der Waals surface area contributed by atoms with E-state index in [0.29, 0.717) is 11.4 Å². The van der Waals surface area contributed by atoms with E-state index in [1.807, 2.05) is 0 Å². The Bertz CT molecular complexity index is 1550. The van der Waals surface area contributed by atoms with E-state index in [1.54, 1.807) is 6.07 Å². The second kappa shape index (κ2) is 11.6. The van der Waals surface area contributed by atoms with Crippen molar-refractivity contribution in [2.45, 2.75) is 18.5 Å². The molecule has 2 aromatic heterocycles. The highest BCUT2D eigenvalue weighted by atomic mass is 19.1. The smallest absolute Gasteiger partial charge is 0.274 e. The first-order valence-corrected chi connectivity index (χ1v) is 12.7. The number of nitrogens with one attached hydrogen (secondary N) is 1. The number of hydrogen-bond acceptors (Lipinski definition) is 6. The maximum absolute atomic E-state index is 15.4. The van der Waals surface area contributed by atoms with Crippen LogP contribution in [0.1, 0.15) is 44.0 Å². The predicted molar refractivity (Wildman–Crippen MR) is 143 cm³/mol. The Morgan fingerprint density at radius 1 is 0.780 bits per heavy atom. The number of likely N-dealkylation sites (tertiary alicyclic amines) is 1. The van der Waals surface area contributed by atoms with Crippen LogP contribution in [0.2, 0.25) is 0 Å². The lowest BCUT2D eigenvalue weighted by Crippen LogP contribution is -2.48. The van der Waals surface area contributed by atoms with Gasteiger partial charge >= 0.3 is 0 Å². The minimum atomic E-state index is -2.14. The van der Waals surface area contributed by atoms with Crippen molar-refractivity contribution in [3.05, 3.63) is 114 Å². The third-order valence-corrected chi connectivity index (χ3v) is 6.63. The molecule has 1 aliphatic rings. The van der Waals surface area contributed by atoms with Crippen molar-refractivity contribution in [3.8, 4) is 11.6 Å². The number of carbonyl (C=O) groups is 3. The molecule has 8 nitrogen and oxygen atoms in total. The molecule has 1 aliphatic heterocycles. The van der Waals surface area contributed by atoms with E-state index in [4.69, 9.17) is 4.74 Å². The number of ketones is 1. The number of rotatable bonds is 7. The van der Waals surface area contributed by atoms with Gasteiger partial charge in [-0.05, 0) is 66.7 Å². The van der Waals surface area contributed by atoms with Crippen molar-refractivity contribution in [3.63, 3.8) is 0 Å². The van der Waals surface area contributed by atoms with Crippen molar-refractivity contribution in [2.75, 3.05) is 18.4 Å². The number of piperidine rings is 1. The van der Waals surface area contributed by atoms with Gasteiger partial charge in [0.2, 0.25) is 5.88 Å². The number of halogens is 3. The minimum absolute atomic E-state index is 0.0123. The average Bonchev–Trinajstić information content (AvgIpc) is 2.99. The Morgan fingerprint density at radius 3 is 2.00 bits per heavy atom. The average molecular weight is 561 g/mol. The molecule has 41 heavy (non-hydrogen) atoms. The maximum Gasteiger partial charge on any atom is 0.274 e. The first-order valence-electron chi connectivity index (χ1n) is 12.7. The molecule has 1 saturated heterocycles. The summed E-state index contributed by atoms with van der Waals surface area (Å²) in [5, 5.41) is 2.65. The first kappa shape index (κ1) is 27.5. The Hall–Kier alpha value is -5.06. The number of ether oxygens (including phenoxy) is 1. The molecule has 2 amide bonds. The number of benzene rings is 2. The molecule has 11 heteroatoms. The van der Waals surface area contributed by atoms with Gasteiger partial charge in [-0.25, -0.2) is 18.2 Å². The molecule has 0 spiro atoms.